The molecule has 0 bridgehead atoms. The molecule has 19 heavy (non-hydrogen) atoms. The van der Waals surface area contributed by atoms with Gasteiger partial charge < -0.3 is 9.84 Å². The fourth-order valence-corrected chi connectivity index (χ4v) is 1.65. The van der Waals surface area contributed by atoms with E-state index < -0.39 is 25.1 Å². The van der Waals surface area contributed by atoms with E-state index in [0.29, 0.717) is 0 Å². The van der Waals surface area contributed by atoms with Crippen molar-refractivity contribution in [1.29, 1.82) is 0 Å². The summed E-state index contributed by atoms with van der Waals surface area (Å²) in [6.07, 6.45) is 2.95. The number of carboxylic acid groups (broad SMARTS) is 1. The predicted octanol–water partition coefficient (Wildman–Crippen LogP) is 3.22. The number of aliphatic carboxylic acids is 1. The van der Waals surface area contributed by atoms with E-state index in [-0.39, 0.29) is 5.56 Å². The minimum absolute atomic E-state index is 0.155. The van der Waals surface area contributed by atoms with Crippen LogP contribution in [0.2, 0.25) is 0 Å². The molecule has 1 aromatic carbocycles. The highest BCUT2D eigenvalue weighted by atomic mass is 19.3. The minimum atomic E-state index is -3.17. The number of unbranched alkanes of at least 4 members (excludes halogenated alkanes) is 1. The Hall–Kier alpha value is -1.49. The third-order valence-electron chi connectivity index (χ3n) is 2.70. The molecule has 0 spiro atoms. The molecule has 0 aliphatic heterocycles. The zero-order valence-electron chi connectivity index (χ0n) is 10.9. The van der Waals surface area contributed by atoms with Crippen LogP contribution in [-0.2, 0) is 21.9 Å². The molecular formula is C14H18F2O3. The molecule has 0 aliphatic rings. The molecule has 0 radical (unpaired) electrons. The van der Waals surface area contributed by atoms with Gasteiger partial charge in [0.2, 0.25) is 0 Å². The minimum Gasteiger partial charge on any atom is -0.480 e. The standard InChI is InChI=1S/C14H18F2O3/c1-2-3-4-11-5-7-12(8-6-11)14(15,16)10-19-9-13(17)18/h5-8H,2-4,9-10H2,1H3,(H,17,18). The molecule has 0 heterocycles. The molecule has 0 aliphatic carbocycles. The lowest BCUT2D eigenvalue weighted by Gasteiger charge is -2.16. The number of ether oxygens (including phenoxy) is 1. The van der Waals surface area contributed by atoms with Gasteiger partial charge in [-0.1, -0.05) is 37.6 Å². The quantitative estimate of drug-likeness (QED) is 0.790. The Balaban J connectivity index is 2.59. The fourth-order valence-electron chi connectivity index (χ4n) is 1.65. The molecule has 0 aromatic heterocycles. The molecule has 0 saturated carbocycles. The first-order chi connectivity index (χ1) is 8.95. The maximum absolute atomic E-state index is 13.7. The van der Waals surface area contributed by atoms with Crippen molar-refractivity contribution in [3.05, 3.63) is 35.4 Å². The third-order valence-corrected chi connectivity index (χ3v) is 2.70. The first kappa shape index (κ1) is 15.6. The lowest BCUT2D eigenvalue weighted by Crippen LogP contribution is -2.23. The summed E-state index contributed by atoms with van der Waals surface area (Å²) in [7, 11) is 0. The average Bonchev–Trinajstić information content (AvgIpc) is 2.36. The van der Waals surface area contributed by atoms with Gasteiger partial charge in [-0.05, 0) is 18.4 Å². The first-order valence-corrected chi connectivity index (χ1v) is 6.22. The molecule has 0 atom stereocenters. The van der Waals surface area contributed by atoms with Crippen LogP contribution in [0.5, 0.6) is 0 Å². The van der Waals surface area contributed by atoms with Crippen molar-refractivity contribution in [2.24, 2.45) is 0 Å². The van der Waals surface area contributed by atoms with Crippen LogP contribution in [0.15, 0.2) is 24.3 Å². The van der Waals surface area contributed by atoms with Crippen LogP contribution in [0.4, 0.5) is 8.78 Å². The van der Waals surface area contributed by atoms with Gasteiger partial charge in [0, 0.05) is 5.56 Å². The highest BCUT2D eigenvalue weighted by Crippen LogP contribution is 2.28. The van der Waals surface area contributed by atoms with Gasteiger partial charge in [-0.25, -0.2) is 4.79 Å². The maximum atomic E-state index is 13.7. The summed E-state index contributed by atoms with van der Waals surface area (Å²) in [5.74, 6) is -4.43. The summed E-state index contributed by atoms with van der Waals surface area (Å²) in [5.41, 5.74) is 0.867. The van der Waals surface area contributed by atoms with Gasteiger partial charge >= 0.3 is 5.97 Å². The maximum Gasteiger partial charge on any atom is 0.329 e. The fraction of sp³-hybridized carbons (Fsp3) is 0.500. The van der Waals surface area contributed by atoms with E-state index in [9.17, 15) is 13.6 Å². The Kier molecular flexibility index (Phi) is 5.89. The summed E-state index contributed by atoms with van der Waals surface area (Å²) in [4.78, 5) is 10.2. The van der Waals surface area contributed by atoms with Crippen LogP contribution in [0.1, 0.15) is 30.9 Å². The number of halogens is 2. The Morgan fingerprint density at radius 2 is 1.95 bits per heavy atom. The normalized spacial score (nSPS) is 11.5. The van der Waals surface area contributed by atoms with Crippen LogP contribution in [-0.4, -0.2) is 24.3 Å². The zero-order chi connectivity index (χ0) is 14.3. The average molecular weight is 272 g/mol. The Bertz CT molecular complexity index is 402. The van der Waals surface area contributed by atoms with Gasteiger partial charge in [0.25, 0.3) is 5.92 Å². The van der Waals surface area contributed by atoms with Gasteiger partial charge in [0.15, 0.2) is 0 Å². The number of benzene rings is 1. The van der Waals surface area contributed by atoms with Crippen LogP contribution in [0, 0.1) is 0 Å². The van der Waals surface area contributed by atoms with Crippen molar-refractivity contribution in [3.63, 3.8) is 0 Å². The molecule has 0 amide bonds. The molecule has 1 N–H and O–H groups in total. The van der Waals surface area contributed by atoms with E-state index in [0.717, 1.165) is 24.8 Å². The number of carboxylic acids is 1. The monoisotopic (exact) mass is 272 g/mol. The highest BCUT2D eigenvalue weighted by Gasteiger charge is 2.32. The zero-order valence-corrected chi connectivity index (χ0v) is 10.9. The Labute approximate surface area is 111 Å². The van der Waals surface area contributed by atoms with Gasteiger partial charge in [-0.2, -0.15) is 8.78 Å². The third kappa shape index (κ3) is 5.34. The lowest BCUT2D eigenvalue weighted by molar-refractivity contribution is -0.147. The van der Waals surface area contributed by atoms with Crippen LogP contribution >= 0.6 is 0 Å². The van der Waals surface area contributed by atoms with Crippen molar-refractivity contribution in [2.75, 3.05) is 13.2 Å². The molecule has 1 rings (SSSR count). The van der Waals surface area contributed by atoms with Crippen LogP contribution in [0.25, 0.3) is 0 Å². The Morgan fingerprint density at radius 1 is 1.32 bits per heavy atom. The molecule has 3 nitrogen and oxygen atoms in total. The van der Waals surface area contributed by atoms with Crippen molar-refractivity contribution < 1.29 is 23.4 Å². The second-order valence-corrected chi connectivity index (χ2v) is 4.39. The lowest BCUT2D eigenvalue weighted by atomic mass is 10.0. The SMILES string of the molecule is CCCCc1ccc(C(F)(F)COCC(=O)O)cc1. The van der Waals surface area contributed by atoms with Gasteiger partial charge in [-0.3, -0.25) is 0 Å². The molecular weight excluding hydrogens is 254 g/mol. The number of hydrogen-bond donors (Lipinski definition) is 1. The second kappa shape index (κ2) is 7.19. The summed E-state index contributed by atoms with van der Waals surface area (Å²) in [6, 6.07) is 6.09. The molecule has 5 heteroatoms. The number of rotatable bonds is 8. The molecule has 106 valence electrons. The summed E-state index contributed by atoms with van der Waals surface area (Å²) >= 11 is 0. The van der Waals surface area contributed by atoms with Crippen molar-refractivity contribution in [1.82, 2.24) is 0 Å². The number of carbonyl (C=O) groups is 1. The Morgan fingerprint density at radius 3 is 2.47 bits per heavy atom. The number of alkyl halides is 2. The summed E-state index contributed by atoms with van der Waals surface area (Å²) in [6.45, 7) is 0.431. The molecule has 0 unspecified atom stereocenters. The van der Waals surface area contributed by atoms with E-state index in [1.807, 2.05) is 0 Å². The summed E-state index contributed by atoms with van der Waals surface area (Å²) in [5, 5.41) is 8.33. The van der Waals surface area contributed by atoms with Crippen molar-refractivity contribution >= 4 is 5.97 Å². The van der Waals surface area contributed by atoms with Gasteiger partial charge in [0.05, 0.1) is 0 Å². The van der Waals surface area contributed by atoms with Crippen LogP contribution in [0.3, 0.4) is 0 Å². The highest BCUT2D eigenvalue weighted by molar-refractivity contribution is 5.67. The number of aryl methyl sites for hydroxylation is 1. The van der Waals surface area contributed by atoms with Gasteiger partial charge in [0.1, 0.15) is 13.2 Å². The van der Waals surface area contributed by atoms with Gasteiger partial charge in [-0.15, -0.1) is 0 Å². The predicted molar refractivity (Wildman–Crippen MR) is 67.4 cm³/mol. The molecule has 0 saturated heterocycles. The largest absolute Gasteiger partial charge is 0.480 e. The van der Waals surface area contributed by atoms with E-state index in [4.69, 9.17) is 5.11 Å². The van der Waals surface area contributed by atoms with E-state index >= 15 is 0 Å². The smallest absolute Gasteiger partial charge is 0.329 e. The van der Waals surface area contributed by atoms with Crippen LogP contribution < -0.4 is 0 Å². The van der Waals surface area contributed by atoms with E-state index in [1.165, 1.54) is 12.1 Å². The van der Waals surface area contributed by atoms with E-state index in [1.54, 1.807) is 12.1 Å². The number of hydrogen-bond acceptors (Lipinski definition) is 2. The first-order valence-electron chi connectivity index (χ1n) is 6.22. The molecule has 0 fully saturated rings. The van der Waals surface area contributed by atoms with Crippen molar-refractivity contribution in [2.45, 2.75) is 32.1 Å². The summed E-state index contributed by atoms with van der Waals surface area (Å²) < 4.78 is 31.8. The van der Waals surface area contributed by atoms with E-state index in [2.05, 4.69) is 11.7 Å². The molecule has 1 aromatic rings. The second-order valence-electron chi connectivity index (χ2n) is 4.39. The van der Waals surface area contributed by atoms with Crippen molar-refractivity contribution in [3.8, 4) is 0 Å². The topological polar surface area (TPSA) is 46.5 Å².